The summed E-state index contributed by atoms with van der Waals surface area (Å²) < 4.78 is 9.89. The Morgan fingerprint density at radius 1 is 1.69 bits per heavy atom. The van der Waals surface area contributed by atoms with E-state index in [0.29, 0.717) is 12.5 Å². The van der Waals surface area contributed by atoms with E-state index in [1.807, 2.05) is 6.92 Å². The fraction of sp³-hybridized carbons (Fsp3) is 0.500. The standard InChI is InChI=1S/C10H14O3/c1-3-8(2)7-13-10(11)9-5-4-6-12-9/h4-6,8H,3,7H2,1-2H3. The first kappa shape index (κ1) is 9.84. The summed E-state index contributed by atoms with van der Waals surface area (Å²) in [5, 5.41) is 0. The molecule has 0 fully saturated rings. The van der Waals surface area contributed by atoms with Gasteiger partial charge in [0.15, 0.2) is 0 Å². The second-order valence-electron chi connectivity index (χ2n) is 3.09. The van der Waals surface area contributed by atoms with Gasteiger partial charge in [0.2, 0.25) is 5.76 Å². The Hall–Kier alpha value is -1.25. The van der Waals surface area contributed by atoms with Crippen molar-refractivity contribution in [3.63, 3.8) is 0 Å². The van der Waals surface area contributed by atoms with Crippen molar-refractivity contribution >= 4 is 5.97 Å². The average molecular weight is 182 g/mol. The van der Waals surface area contributed by atoms with Gasteiger partial charge in [-0.2, -0.15) is 0 Å². The van der Waals surface area contributed by atoms with Crippen LogP contribution in [0.25, 0.3) is 0 Å². The summed E-state index contributed by atoms with van der Waals surface area (Å²) in [6.07, 6.45) is 2.46. The zero-order valence-corrected chi connectivity index (χ0v) is 7.95. The largest absolute Gasteiger partial charge is 0.460 e. The van der Waals surface area contributed by atoms with E-state index < -0.39 is 0 Å². The van der Waals surface area contributed by atoms with E-state index in [0.717, 1.165) is 6.42 Å². The number of hydrogen-bond donors (Lipinski definition) is 0. The summed E-state index contributed by atoms with van der Waals surface area (Å²) in [7, 11) is 0. The van der Waals surface area contributed by atoms with Crippen LogP contribution in [0, 0.1) is 5.92 Å². The molecule has 0 saturated heterocycles. The predicted octanol–water partition coefficient (Wildman–Crippen LogP) is 2.48. The minimum Gasteiger partial charge on any atom is -0.460 e. The summed E-state index contributed by atoms with van der Waals surface area (Å²) in [6, 6.07) is 3.26. The van der Waals surface area contributed by atoms with E-state index in [2.05, 4.69) is 6.92 Å². The monoisotopic (exact) mass is 182 g/mol. The maximum Gasteiger partial charge on any atom is 0.374 e. The highest BCUT2D eigenvalue weighted by Crippen LogP contribution is 2.06. The Balaban J connectivity index is 2.35. The van der Waals surface area contributed by atoms with Crippen molar-refractivity contribution < 1.29 is 13.9 Å². The van der Waals surface area contributed by atoms with E-state index in [4.69, 9.17) is 9.15 Å². The van der Waals surface area contributed by atoms with Crippen molar-refractivity contribution in [2.24, 2.45) is 5.92 Å². The highest BCUT2D eigenvalue weighted by atomic mass is 16.5. The van der Waals surface area contributed by atoms with E-state index in [9.17, 15) is 4.79 Å². The Labute approximate surface area is 77.7 Å². The Morgan fingerprint density at radius 2 is 2.46 bits per heavy atom. The van der Waals surface area contributed by atoms with E-state index in [-0.39, 0.29) is 11.7 Å². The fourth-order valence-electron chi connectivity index (χ4n) is 0.802. The number of ether oxygens (including phenoxy) is 1. The van der Waals surface area contributed by atoms with Crippen LogP contribution >= 0.6 is 0 Å². The molecular weight excluding hydrogens is 168 g/mol. The Bertz CT molecular complexity index is 251. The molecule has 0 aliphatic carbocycles. The molecule has 0 N–H and O–H groups in total. The quantitative estimate of drug-likeness (QED) is 0.671. The van der Waals surface area contributed by atoms with Gasteiger partial charge in [0.25, 0.3) is 0 Å². The van der Waals surface area contributed by atoms with E-state index in [1.54, 1.807) is 12.1 Å². The molecule has 0 aliphatic rings. The fourth-order valence-corrected chi connectivity index (χ4v) is 0.802. The first-order chi connectivity index (χ1) is 6.24. The van der Waals surface area contributed by atoms with Gasteiger partial charge in [-0.1, -0.05) is 20.3 Å². The summed E-state index contributed by atoms with van der Waals surface area (Å²) in [5.74, 6) is 0.285. The van der Waals surface area contributed by atoms with Gasteiger partial charge in [0.1, 0.15) is 0 Å². The molecule has 0 bridgehead atoms. The van der Waals surface area contributed by atoms with Crippen LogP contribution in [0.4, 0.5) is 0 Å². The van der Waals surface area contributed by atoms with Crippen LogP contribution in [0.3, 0.4) is 0 Å². The molecule has 13 heavy (non-hydrogen) atoms. The van der Waals surface area contributed by atoms with Crippen molar-refractivity contribution in [2.45, 2.75) is 20.3 Å². The lowest BCUT2D eigenvalue weighted by atomic mass is 10.1. The van der Waals surface area contributed by atoms with Crippen LogP contribution in [0.2, 0.25) is 0 Å². The lowest BCUT2D eigenvalue weighted by molar-refractivity contribution is 0.0411. The van der Waals surface area contributed by atoms with Crippen molar-refractivity contribution in [1.82, 2.24) is 0 Å². The van der Waals surface area contributed by atoms with Crippen LogP contribution in [-0.2, 0) is 4.74 Å². The highest BCUT2D eigenvalue weighted by Gasteiger charge is 2.10. The maximum absolute atomic E-state index is 11.2. The van der Waals surface area contributed by atoms with Gasteiger partial charge in [0.05, 0.1) is 12.9 Å². The molecule has 0 spiro atoms. The molecule has 0 amide bonds. The Kier molecular flexibility index (Phi) is 3.55. The lowest BCUT2D eigenvalue weighted by Crippen LogP contribution is -2.10. The first-order valence-corrected chi connectivity index (χ1v) is 4.44. The number of rotatable bonds is 4. The number of hydrogen-bond acceptors (Lipinski definition) is 3. The number of furan rings is 1. The van der Waals surface area contributed by atoms with Crippen molar-refractivity contribution in [2.75, 3.05) is 6.61 Å². The molecular formula is C10H14O3. The number of esters is 1. The van der Waals surface area contributed by atoms with Gasteiger partial charge in [-0.05, 0) is 18.1 Å². The first-order valence-electron chi connectivity index (χ1n) is 4.44. The van der Waals surface area contributed by atoms with Gasteiger partial charge < -0.3 is 9.15 Å². The summed E-state index contributed by atoms with van der Waals surface area (Å²) in [6.45, 7) is 4.55. The summed E-state index contributed by atoms with van der Waals surface area (Å²) in [4.78, 5) is 11.2. The van der Waals surface area contributed by atoms with Gasteiger partial charge in [-0.3, -0.25) is 0 Å². The van der Waals surface area contributed by atoms with Crippen molar-refractivity contribution in [3.05, 3.63) is 24.2 Å². The molecule has 3 heteroatoms. The molecule has 0 saturated carbocycles. The third-order valence-electron chi connectivity index (χ3n) is 1.92. The van der Waals surface area contributed by atoms with Gasteiger partial charge >= 0.3 is 5.97 Å². The zero-order chi connectivity index (χ0) is 9.68. The van der Waals surface area contributed by atoms with Crippen LogP contribution in [0.15, 0.2) is 22.8 Å². The molecule has 3 nitrogen and oxygen atoms in total. The van der Waals surface area contributed by atoms with Crippen LogP contribution < -0.4 is 0 Å². The summed E-state index contributed by atoms with van der Waals surface area (Å²) >= 11 is 0. The zero-order valence-electron chi connectivity index (χ0n) is 7.95. The molecule has 0 aliphatic heterocycles. The van der Waals surface area contributed by atoms with Crippen LogP contribution in [0.1, 0.15) is 30.8 Å². The van der Waals surface area contributed by atoms with Crippen LogP contribution in [-0.4, -0.2) is 12.6 Å². The second-order valence-corrected chi connectivity index (χ2v) is 3.09. The molecule has 1 aromatic rings. The third kappa shape index (κ3) is 2.93. The Morgan fingerprint density at radius 3 is 3.00 bits per heavy atom. The van der Waals surface area contributed by atoms with Gasteiger partial charge in [0, 0.05) is 0 Å². The van der Waals surface area contributed by atoms with E-state index >= 15 is 0 Å². The SMILES string of the molecule is CCC(C)COC(=O)c1ccco1. The van der Waals surface area contributed by atoms with Crippen molar-refractivity contribution in [1.29, 1.82) is 0 Å². The van der Waals surface area contributed by atoms with Gasteiger partial charge in [-0.25, -0.2) is 4.79 Å². The number of carbonyl (C=O) groups is 1. The molecule has 1 unspecified atom stereocenters. The normalized spacial score (nSPS) is 12.5. The van der Waals surface area contributed by atoms with Gasteiger partial charge in [-0.15, -0.1) is 0 Å². The molecule has 1 aromatic heterocycles. The smallest absolute Gasteiger partial charge is 0.374 e. The van der Waals surface area contributed by atoms with Crippen molar-refractivity contribution in [3.8, 4) is 0 Å². The van der Waals surface area contributed by atoms with E-state index in [1.165, 1.54) is 6.26 Å². The number of carbonyl (C=O) groups excluding carboxylic acids is 1. The minimum atomic E-state index is -0.384. The summed E-state index contributed by atoms with van der Waals surface area (Å²) in [5.41, 5.74) is 0. The van der Waals surface area contributed by atoms with Crippen LogP contribution in [0.5, 0.6) is 0 Å². The maximum atomic E-state index is 11.2. The molecule has 1 heterocycles. The third-order valence-corrected chi connectivity index (χ3v) is 1.92. The topological polar surface area (TPSA) is 39.4 Å². The molecule has 72 valence electrons. The molecule has 1 atom stereocenters. The average Bonchev–Trinajstić information content (AvgIpc) is 2.66. The minimum absolute atomic E-state index is 0.267. The highest BCUT2D eigenvalue weighted by molar-refractivity contribution is 5.86. The predicted molar refractivity (Wildman–Crippen MR) is 48.4 cm³/mol. The molecule has 1 rings (SSSR count). The molecule has 0 aromatic carbocycles. The molecule has 0 radical (unpaired) electrons. The lowest BCUT2D eigenvalue weighted by Gasteiger charge is -2.07. The second kappa shape index (κ2) is 4.70.